The number of Topliss-reactive ketones (excluding diaryl/α,β-unsaturated/α-hetero) is 1. The summed E-state index contributed by atoms with van der Waals surface area (Å²) in [6, 6.07) is 5.53. The van der Waals surface area contributed by atoms with Crippen LogP contribution in [0, 0.1) is 0 Å². The summed E-state index contributed by atoms with van der Waals surface area (Å²) in [4.78, 5) is 13.7. The molecule has 0 aliphatic heterocycles. The number of carbonyl (C=O) groups excluding carboxylic acids is 1. The molecule has 0 unspecified atom stereocenters. The van der Waals surface area contributed by atoms with Crippen molar-refractivity contribution in [2.75, 3.05) is 47.6 Å². The van der Waals surface area contributed by atoms with Crippen molar-refractivity contribution < 1.29 is 19.0 Å². The minimum absolute atomic E-state index is 0.0548. The summed E-state index contributed by atoms with van der Waals surface area (Å²) >= 11 is 0. The van der Waals surface area contributed by atoms with E-state index in [1.165, 1.54) is 0 Å². The second-order valence-electron chi connectivity index (χ2n) is 4.84. The van der Waals surface area contributed by atoms with Gasteiger partial charge < -0.3 is 14.2 Å². The predicted molar refractivity (Wildman–Crippen MR) is 82.0 cm³/mol. The molecule has 0 saturated carbocycles. The fourth-order valence-electron chi connectivity index (χ4n) is 2.07. The molecule has 118 valence electrons. The largest absolute Gasteiger partial charge is 0.496 e. The fraction of sp³-hybridized carbons (Fsp3) is 0.562. The highest BCUT2D eigenvalue weighted by atomic mass is 16.5. The summed E-state index contributed by atoms with van der Waals surface area (Å²) in [5.41, 5.74) is 1.70. The number of nitrogens with zero attached hydrogens (tertiary/aromatic N) is 1. The van der Waals surface area contributed by atoms with E-state index >= 15 is 0 Å². The molecule has 0 fully saturated rings. The van der Waals surface area contributed by atoms with E-state index in [1.807, 2.05) is 12.1 Å². The van der Waals surface area contributed by atoms with Gasteiger partial charge in [0.25, 0.3) is 0 Å². The molecule has 5 nitrogen and oxygen atoms in total. The van der Waals surface area contributed by atoms with Gasteiger partial charge >= 0.3 is 0 Å². The van der Waals surface area contributed by atoms with Gasteiger partial charge in [-0.15, -0.1) is 0 Å². The number of rotatable bonds is 10. The maximum atomic E-state index is 11.5. The van der Waals surface area contributed by atoms with Crippen molar-refractivity contribution in [3.63, 3.8) is 0 Å². The molecule has 0 aliphatic carbocycles. The van der Waals surface area contributed by atoms with Crippen LogP contribution in [-0.4, -0.2) is 58.3 Å². The molecule has 0 bridgehead atoms. The Morgan fingerprint density at radius 1 is 1.10 bits per heavy atom. The van der Waals surface area contributed by atoms with Crippen molar-refractivity contribution in [3.8, 4) is 5.75 Å². The minimum atomic E-state index is 0.0548. The first-order chi connectivity index (χ1) is 10.1. The highest BCUT2D eigenvalue weighted by Crippen LogP contribution is 2.22. The van der Waals surface area contributed by atoms with Crippen LogP contribution >= 0.6 is 0 Å². The van der Waals surface area contributed by atoms with Gasteiger partial charge in [0.15, 0.2) is 5.78 Å². The van der Waals surface area contributed by atoms with Crippen molar-refractivity contribution in [2.24, 2.45) is 0 Å². The molecular formula is C16H25NO4. The second-order valence-corrected chi connectivity index (χ2v) is 4.84. The van der Waals surface area contributed by atoms with E-state index < -0.39 is 0 Å². The number of ketones is 1. The molecule has 0 spiro atoms. The molecule has 0 N–H and O–H groups in total. The Labute approximate surface area is 126 Å². The van der Waals surface area contributed by atoms with E-state index in [-0.39, 0.29) is 5.78 Å². The molecule has 0 amide bonds. The Balaban J connectivity index is 2.88. The lowest BCUT2D eigenvalue weighted by Gasteiger charge is -2.23. The maximum Gasteiger partial charge on any atom is 0.159 e. The van der Waals surface area contributed by atoms with Crippen LogP contribution in [0.3, 0.4) is 0 Å². The molecule has 0 atom stereocenters. The molecule has 0 aliphatic rings. The molecule has 1 aromatic rings. The van der Waals surface area contributed by atoms with Gasteiger partial charge in [-0.05, 0) is 25.1 Å². The van der Waals surface area contributed by atoms with Gasteiger partial charge in [-0.1, -0.05) is 0 Å². The van der Waals surface area contributed by atoms with E-state index in [4.69, 9.17) is 14.2 Å². The average Bonchev–Trinajstić information content (AvgIpc) is 2.49. The Kier molecular flexibility index (Phi) is 7.97. The van der Waals surface area contributed by atoms with Gasteiger partial charge in [0, 0.05) is 45.0 Å². The molecule has 0 aromatic heterocycles. The van der Waals surface area contributed by atoms with Gasteiger partial charge in [-0.25, -0.2) is 0 Å². The monoisotopic (exact) mass is 295 g/mol. The standard InChI is InChI=1S/C16H25NO4/c1-13(18)14-5-6-16(21-4)15(11-14)12-17(7-9-19-2)8-10-20-3/h5-6,11H,7-10,12H2,1-4H3. The number of benzene rings is 1. The topological polar surface area (TPSA) is 48.0 Å². The van der Waals surface area contributed by atoms with Crippen LogP contribution in [0.2, 0.25) is 0 Å². The lowest BCUT2D eigenvalue weighted by atomic mass is 10.1. The van der Waals surface area contributed by atoms with E-state index in [1.54, 1.807) is 34.3 Å². The van der Waals surface area contributed by atoms with Gasteiger partial charge in [-0.2, -0.15) is 0 Å². The predicted octanol–water partition coefficient (Wildman–Crippen LogP) is 1.99. The zero-order chi connectivity index (χ0) is 15.7. The number of carbonyl (C=O) groups is 1. The zero-order valence-corrected chi connectivity index (χ0v) is 13.3. The van der Waals surface area contributed by atoms with Crippen molar-refractivity contribution in [1.29, 1.82) is 0 Å². The third kappa shape index (κ3) is 5.83. The zero-order valence-electron chi connectivity index (χ0n) is 13.3. The number of hydrogen-bond acceptors (Lipinski definition) is 5. The fourth-order valence-corrected chi connectivity index (χ4v) is 2.07. The average molecular weight is 295 g/mol. The summed E-state index contributed by atoms with van der Waals surface area (Å²) in [5.74, 6) is 0.846. The van der Waals surface area contributed by atoms with E-state index in [2.05, 4.69) is 4.90 Å². The number of ether oxygens (including phenoxy) is 3. The molecular weight excluding hydrogens is 270 g/mol. The van der Waals surface area contributed by atoms with Crippen LogP contribution in [0.5, 0.6) is 5.75 Å². The Hall–Kier alpha value is -1.43. The molecule has 21 heavy (non-hydrogen) atoms. The molecule has 1 rings (SSSR count). The first-order valence-electron chi connectivity index (χ1n) is 7.00. The lowest BCUT2D eigenvalue weighted by Crippen LogP contribution is -2.30. The highest BCUT2D eigenvalue weighted by Gasteiger charge is 2.12. The van der Waals surface area contributed by atoms with Crippen molar-refractivity contribution in [1.82, 2.24) is 4.90 Å². The molecule has 0 heterocycles. The second kappa shape index (κ2) is 9.50. The van der Waals surface area contributed by atoms with E-state index in [0.717, 1.165) is 24.4 Å². The smallest absolute Gasteiger partial charge is 0.159 e. The molecule has 1 aromatic carbocycles. The van der Waals surface area contributed by atoms with Gasteiger partial charge in [0.1, 0.15) is 5.75 Å². The molecule has 0 saturated heterocycles. The van der Waals surface area contributed by atoms with Gasteiger partial charge in [-0.3, -0.25) is 9.69 Å². The first-order valence-corrected chi connectivity index (χ1v) is 7.00. The van der Waals surface area contributed by atoms with E-state index in [0.29, 0.717) is 25.3 Å². The Morgan fingerprint density at radius 3 is 2.19 bits per heavy atom. The van der Waals surface area contributed by atoms with E-state index in [9.17, 15) is 4.79 Å². The summed E-state index contributed by atoms with van der Waals surface area (Å²) in [6.45, 7) is 5.16. The van der Waals surface area contributed by atoms with Crippen molar-refractivity contribution in [2.45, 2.75) is 13.5 Å². The maximum absolute atomic E-state index is 11.5. The number of hydrogen-bond donors (Lipinski definition) is 0. The third-order valence-electron chi connectivity index (χ3n) is 3.30. The summed E-state index contributed by atoms with van der Waals surface area (Å²) in [6.07, 6.45) is 0. The molecule has 5 heteroatoms. The summed E-state index contributed by atoms with van der Waals surface area (Å²) < 4.78 is 15.7. The van der Waals surface area contributed by atoms with Gasteiger partial charge in [0.05, 0.1) is 20.3 Å². The first kappa shape index (κ1) is 17.6. The minimum Gasteiger partial charge on any atom is -0.496 e. The quantitative estimate of drug-likeness (QED) is 0.618. The third-order valence-corrected chi connectivity index (χ3v) is 3.30. The summed E-state index contributed by atoms with van der Waals surface area (Å²) in [7, 11) is 5.01. The Morgan fingerprint density at radius 2 is 1.71 bits per heavy atom. The van der Waals surface area contributed by atoms with Gasteiger partial charge in [0.2, 0.25) is 0 Å². The number of methoxy groups -OCH3 is 3. The van der Waals surface area contributed by atoms with Crippen LogP contribution in [0.15, 0.2) is 18.2 Å². The SMILES string of the molecule is COCCN(CCOC)Cc1cc(C(C)=O)ccc1OC. The van der Waals surface area contributed by atoms with Crippen molar-refractivity contribution >= 4 is 5.78 Å². The summed E-state index contributed by atoms with van der Waals surface area (Å²) in [5, 5.41) is 0. The van der Waals surface area contributed by atoms with Crippen LogP contribution in [0.25, 0.3) is 0 Å². The van der Waals surface area contributed by atoms with Crippen LogP contribution in [0.4, 0.5) is 0 Å². The van der Waals surface area contributed by atoms with Crippen LogP contribution < -0.4 is 4.74 Å². The Bertz CT molecular complexity index is 440. The lowest BCUT2D eigenvalue weighted by molar-refractivity contribution is 0.101. The molecule has 0 radical (unpaired) electrons. The van der Waals surface area contributed by atoms with Crippen LogP contribution in [-0.2, 0) is 16.0 Å². The highest BCUT2D eigenvalue weighted by molar-refractivity contribution is 5.94. The van der Waals surface area contributed by atoms with Crippen LogP contribution in [0.1, 0.15) is 22.8 Å². The normalized spacial score (nSPS) is 10.9. The van der Waals surface area contributed by atoms with Crippen molar-refractivity contribution in [3.05, 3.63) is 29.3 Å².